The van der Waals surface area contributed by atoms with Gasteiger partial charge in [0.15, 0.2) is 11.5 Å². The molecule has 0 saturated carbocycles. The van der Waals surface area contributed by atoms with E-state index >= 15 is 0 Å². The summed E-state index contributed by atoms with van der Waals surface area (Å²) >= 11 is 0. The van der Waals surface area contributed by atoms with Crippen molar-refractivity contribution < 1.29 is 9.53 Å². The molecular weight excluding hydrogens is 360 g/mol. The summed E-state index contributed by atoms with van der Waals surface area (Å²) in [5.74, 6) is 0.122. The van der Waals surface area contributed by atoms with Crippen molar-refractivity contribution in [1.82, 2.24) is 24.9 Å². The van der Waals surface area contributed by atoms with Gasteiger partial charge in [0.05, 0.1) is 18.7 Å². The topological polar surface area (TPSA) is 143 Å². The van der Waals surface area contributed by atoms with Gasteiger partial charge in [-0.2, -0.15) is 5.26 Å². The molecule has 4 N–H and O–H groups in total. The van der Waals surface area contributed by atoms with E-state index in [2.05, 4.69) is 25.7 Å². The van der Waals surface area contributed by atoms with Crippen LogP contribution in [0.4, 0.5) is 11.5 Å². The van der Waals surface area contributed by atoms with Gasteiger partial charge >= 0.3 is 0 Å². The second-order valence-corrected chi connectivity index (χ2v) is 6.38. The number of ether oxygens (including phenoxy) is 1. The molecule has 142 valence electrons. The van der Waals surface area contributed by atoms with Gasteiger partial charge in [-0.3, -0.25) is 9.78 Å². The molecule has 1 aliphatic heterocycles. The Labute approximate surface area is 160 Å². The first-order valence-electron chi connectivity index (χ1n) is 8.78. The molecule has 0 aliphatic carbocycles. The molecule has 4 rings (SSSR count). The summed E-state index contributed by atoms with van der Waals surface area (Å²) in [7, 11) is 0. The highest BCUT2D eigenvalue weighted by Gasteiger charge is 2.22. The van der Waals surface area contributed by atoms with E-state index in [1.807, 2.05) is 6.07 Å². The monoisotopic (exact) mass is 378 g/mol. The number of nitrogens with two attached hydrogens (primary N) is 1. The Balaban J connectivity index is 1.61. The molecule has 1 saturated heterocycles. The van der Waals surface area contributed by atoms with Gasteiger partial charge in [-0.25, -0.2) is 9.50 Å². The van der Waals surface area contributed by atoms with Crippen LogP contribution in [0, 0.1) is 11.3 Å². The molecule has 1 aliphatic rings. The zero-order chi connectivity index (χ0) is 19.5. The summed E-state index contributed by atoms with van der Waals surface area (Å²) < 4.78 is 7.37. The molecular formula is C18H18N8O2. The number of amides is 1. The third kappa shape index (κ3) is 3.43. The van der Waals surface area contributed by atoms with Gasteiger partial charge in [-0.15, -0.1) is 5.10 Å². The average molecular weight is 378 g/mol. The highest BCUT2D eigenvalue weighted by atomic mass is 16.5. The van der Waals surface area contributed by atoms with Gasteiger partial charge in [-0.05, 0) is 13.0 Å². The Morgan fingerprint density at radius 3 is 3.18 bits per heavy atom. The lowest BCUT2D eigenvalue weighted by molar-refractivity contribution is 0.102. The van der Waals surface area contributed by atoms with Crippen LogP contribution in [0.5, 0.6) is 5.75 Å². The lowest BCUT2D eigenvalue weighted by atomic mass is 10.2. The van der Waals surface area contributed by atoms with E-state index in [1.165, 1.54) is 16.9 Å². The Hall–Kier alpha value is -3.71. The minimum Gasteiger partial charge on any atom is -0.487 e. The summed E-state index contributed by atoms with van der Waals surface area (Å²) in [6, 6.07) is 3.75. The summed E-state index contributed by atoms with van der Waals surface area (Å²) in [6.45, 7) is 1.65. The summed E-state index contributed by atoms with van der Waals surface area (Å²) in [6.07, 6.45) is 7.42. The van der Waals surface area contributed by atoms with Crippen molar-refractivity contribution in [2.75, 3.05) is 24.1 Å². The number of pyridine rings is 1. The van der Waals surface area contributed by atoms with Gasteiger partial charge < -0.3 is 21.1 Å². The molecule has 28 heavy (non-hydrogen) atoms. The Kier molecular flexibility index (Phi) is 4.74. The molecule has 3 aromatic rings. The SMILES string of the molecule is N#CCc1cnc2c(C(=O)Nc3cnccc3O[C@@H]3CCNC3)c(N)nn2c1. The fourth-order valence-electron chi connectivity index (χ4n) is 3.06. The molecule has 1 fully saturated rings. The van der Waals surface area contributed by atoms with E-state index in [1.54, 1.807) is 18.5 Å². The fraction of sp³-hybridized carbons (Fsp3) is 0.278. The largest absolute Gasteiger partial charge is 0.487 e. The number of rotatable bonds is 5. The van der Waals surface area contributed by atoms with Gasteiger partial charge in [-0.1, -0.05) is 0 Å². The molecule has 4 heterocycles. The smallest absolute Gasteiger partial charge is 0.263 e. The highest BCUT2D eigenvalue weighted by Crippen LogP contribution is 2.27. The first-order chi connectivity index (χ1) is 13.7. The average Bonchev–Trinajstić information content (AvgIpc) is 3.30. The molecule has 0 spiro atoms. The van der Waals surface area contributed by atoms with Crippen molar-refractivity contribution in [3.05, 3.63) is 42.0 Å². The van der Waals surface area contributed by atoms with Crippen LogP contribution < -0.4 is 21.1 Å². The molecule has 10 nitrogen and oxygen atoms in total. The predicted molar refractivity (Wildman–Crippen MR) is 101 cm³/mol. The van der Waals surface area contributed by atoms with Gasteiger partial charge in [0.1, 0.15) is 23.1 Å². The number of nitrogens with zero attached hydrogens (tertiary/aromatic N) is 5. The minimum absolute atomic E-state index is 0.0420. The van der Waals surface area contributed by atoms with Crippen molar-refractivity contribution in [2.24, 2.45) is 0 Å². The van der Waals surface area contributed by atoms with E-state index in [4.69, 9.17) is 15.7 Å². The van der Waals surface area contributed by atoms with Crippen LogP contribution >= 0.6 is 0 Å². The number of fused-ring (bicyclic) bond motifs is 1. The number of nitrogen functional groups attached to an aromatic ring is 1. The van der Waals surface area contributed by atoms with Gasteiger partial charge in [0.2, 0.25) is 0 Å². The van der Waals surface area contributed by atoms with E-state index in [-0.39, 0.29) is 23.9 Å². The number of nitrogens with one attached hydrogen (secondary N) is 2. The molecule has 0 aromatic carbocycles. The van der Waals surface area contributed by atoms with Crippen LogP contribution in [-0.2, 0) is 6.42 Å². The number of carbonyl (C=O) groups excluding carboxylic acids is 1. The van der Waals surface area contributed by atoms with Crippen molar-refractivity contribution in [3.8, 4) is 11.8 Å². The van der Waals surface area contributed by atoms with E-state index in [0.717, 1.165) is 19.5 Å². The van der Waals surface area contributed by atoms with E-state index < -0.39 is 5.91 Å². The number of aromatic nitrogens is 4. The maximum atomic E-state index is 12.9. The number of carbonyl (C=O) groups is 1. The number of hydrogen-bond donors (Lipinski definition) is 3. The van der Waals surface area contributed by atoms with Crippen LogP contribution in [0.3, 0.4) is 0 Å². The lowest BCUT2D eigenvalue weighted by Gasteiger charge is -2.16. The van der Waals surface area contributed by atoms with Crippen molar-refractivity contribution >= 4 is 23.1 Å². The standard InChI is InChI=1S/C18H18N8O2/c19-4-1-11-7-23-17-15(16(20)25-26(17)10-11)18(27)24-13-9-22-6-3-14(13)28-12-2-5-21-8-12/h3,6-7,9-10,12,21H,1-2,5,8H2,(H2,20,25)(H,24,27)/t12-/m1/s1. The molecule has 10 heteroatoms. The van der Waals surface area contributed by atoms with Crippen LogP contribution in [0.15, 0.2) is 30.9 Å². The first-order valence-corrected chi connectivity index (χ1v) is 8.78. The molecule has 3 aromatic heterocycles. The predicted octanol–water partition coefficient (Wildman–Crippen LogP) is 0.766. The van der Waals surface area contributed by atoms with Crippen LogP contribution in [-0.4, -0.2) is 44.7 Å². The first kappa shape index (κ1) is 17.7. The van der Waals surface area contributed by atoms with Crippen molar-refractivity contribution in [1.29, 1.82) is 5.26 Å². The zero-order valence-corrected chi connectivity index (χ0v) is 14.9. The normalized spacial score (nSPS) is 16.0. The quantitative estimate of drug-likeness (QED) is 0.590. The molecule has 0 bridgehead atoms. The molecule has 0 radical (unpaired) electrons. The summed E-state index contributed by atoms with van der Waals surface area (Å²) in [5, 5.41) is 19.0. The summed E-state index contributed by atoms with van der Waals surface area (Å²) in [5.41, 5.74) is 7.53. The summed E-state index contributed by atoms with van der Waals surface area (Å²) in [4.78, 5) is 21.2. The lowest BCUT2D eigenvalue weighted by Crippen LogP contribution is -2.21. The van der Waals surface area contributed by atoms with Crippen LogP contribution in [0.2, 0.25) is 0 Å². The molecule has 0 unspecified atom stereocenters. The highest BCUT2D eigenvalue weighted by molar-refractivity contribution is 6.11. The molecule has 1 atom stereocenters. The second-order valence-electron chi connectivity index (χ2n) is 6.38. The second kappa shape index (κ2) is 7.50. The maximum absolute atomic E-state index is 12.9. The van der Waals surface area contributed by atoms with Gasteiger partial charge in [0.25, 0.3) is 5.91 Å². The van der Waals surface area contributed by atoms with E-state index in [9.17, 15) is 4.79 Å². The van der Waals surface area contributed by atoms with Crippen molar-refractivity contribution in [2.45, 2.75) is 18.9 Å². The number of anilines is 2. The third-order valence-corrected chi connectivity index (χ3v) is 4.40. The maximum Gasteiger partial charge on any atom is 0.263 e. The third-order valence-electron chi connectivity index (χ3n) is 4.40. The zero-order valence-electron chi connectivity index (χ0n) is 14.9. The van der Waals surface area contributed by atoms with Crippen molar-refractivity contribution in [3.63, 3.8) is 0 Å². The van der Waals surface area contributed by atoms with Crippen LogP contribution in [0.1, 0.15) is 22.3 Å². The number of hydrogen-bond acceptors (Lipinski definition) is 8. The van der Waals surface area contributed by atoms with E-state index in [0.29, 0.717) is 22.6 Å². The Morgan fingerprint density at radius 1 is 1.50 bits per heavy atom. The Morgan fingerprint density at radius 2 is 2.39 bits per heavy atom. The Bertz CT molecular complexity index is 1070. The minimum atomic E-state index is -0.463. The van der Waals surface area contributed by atoms with Gasteiger partial charge in [0, 0.05) is 36.8 Å². The fourth-order valence-corrected chi connectivity index (χ4v) is 3.06. The molecule has 1 amide bonds. The van der Waals surface area contributed by atoms with Crippen LogP contribution in [0.25, 0.3) is 5.65 Å². The number of nitriles is 1.